The van der Waals surface area contributed by atoms with Crippen LogP contribution < -0.4 is 10.6 Å². The summed E-state index contributed by atoms with van der Waals surface area (Å²) in [5.41, 5.74) is 0. The van der Waals surface area contributed by atoms with E-state index in [1.54, 1.807) is 7.05 Å². The highest BCUT2D eigenvalue weighted by Crippen LogP contribution is 2.10. The normalized spacial score (nSPS) is 20.3. The van der Waals surface area contributed by atoms with Crippen LogP contribution in [0.3, 0.4) is 0 Å². The fourth-order valence-electron chi connectivity index (χ4n) is 1.98. The molecule has 0 aromatic rings. The third-order valence-corrected chi connectivity index (χ3v) is 2.94. The number of carbonyl (C=O) groups excluding carboxylic acids is 2. The van der Waals surface area contributed by atoms with E-state index in [1.807, 2.05) is 4.90 Å². The van der Waals surface area contributed by atoms with Crippen LogP contribution in [0.2, 0.25) is 0 Å². The van der Waals surface area contributed by atoms with Crippen molar-refractivity contribution in [3.05, 3.63) is 0 Å². The van der Waals surface area contributed by atoms with Gasteiger partial charge in [-0.15, -0.1) is 0 Å². The molecule has 0 radical (unpaired) electrons. The average molecular weight is 257 g/mol. The Morgan fingerprint density at radius 2 is 2.28 bits per heavy atom. The summed E-state index contributed by atoms with van der Waals surface area (Å²) in [6.07, 6.45) is 0.795. The zero-order chi connectivity index (χ0) is 13.5. The van der Waals surface area contributed by atoms with E-state index < -0.39 is 12.0 Å². The first kappa shape index (κ1) is 14.4. The van der Waals surface area contributed by atoms with E-state index in [9.17, 15) is 14.4 Å². The van der Waals surface area contributed by atoms with Crippen LogP contribution in [0.1, 0.15) is 19.3 Å². The third-order valence-electron chi connectivity index (χ3n) is 2.94. The van der Waals surface area contributed by atoms with Crippen molar-refractivity contribution in [3.63, 3.8) is 0 Å². The van der Waals surface area contributed by atoms with Gasteiger partial charge in [-0.25, -0.2) is 0 Å². The Labute approximate surface area is 106 Å². The van der Waals surface area contributed by atoms with Gasteiger partial charge in [0, 0.05) is 26.6 Å². The first-order valence-corrected chi connectivity index (χ1v) is 5.98. The lowest BCUT2D eigenvalue weighted by Gasteiger charge is -2.34. The molecule has 7 nitrogen and oxygen atoms in total. The Morgan fingerprint density at radius 3 is 2.89 bits per heavy atom. The van der Waals surface area contributed by atoms with Crippen LogP contribution in [-0.2, 0) is 14.4 Å². The van der Waals surface area contributed by atoms with Gasteiger partial charge in [-0.3, -0.25) is 19.3 Å². The zero-order valence-electron chi connectivity index (χ0n) is 10.4. The van der Waals surface area contributed by atoms with Gasteiger partial charge in [-0.1, -0.05) is 0 Å². The van der Waals surface area contributed by atoms with Crippen molar-refractivity contribution in [1.29, 1.82) is 0 Å². The fourth-order valence-corrected chi connectivity index (χ4v) is 1.98. The van der Waals surface area contributed by atoms with Gasteiger partial charge in [0.2, 0.25) is 11.8 Å². The van der Waals surface area contributed by atoms with Gasteiger partial charge in [0.1, 0.15) is 0 Å². The van der Waals surface area contributed by atoms with E-state index in [-0.39, 0.29) is 18.2 Å². The molecule has 1 saturated heterocycles. The maximum absolute atomic E-state index is 11.6. The van der Waals surface area contributed by atoms with Crippen molar-refractivity contribution >= 4 is 17.8 Å². The molecule has 1 rings (SSSR count). The first-order valence-electron chi connectivity index (χ1n) is 5.98. The monoisotopic (exact) mass is 257 g/mol. The molecule has 102 valence electrons. The van der Waals surface area contributed by atoms with Gasteiger partial charge >= 0.3 is 5.97 Å². The smallest absolute Gasteiger partial charge is 0.305 e. The second kappa shape index (κ2) is 6.95. The van der Waals surface area contributed by atoms with Gasteiger partial charge in [0.25, 0.3) is 0 Å². The topological polar surface area (TPSA) is 98.7 Å². The van der Waals surface area contributed by atoms with Gasteiger partial charge in [0.05, 0.1) is 12.5 Å². The van der Waals surface area contributed by atoms with E-state index in [0.29, 0.717) is 32.5 Å². The molecule has 1 aliphatic heterocycles. The van der Waals surface area contributed by atoms with Gasteiger partial charge in [0.15, 0.2) is 0 Å². The minimum absolute atomic E-state index is 0.0498. The summed E-state index contributed by atoms with van der Waals surface area (Å²) in [6.45, 7) is 1.70. The van der Waals surface area contributed by atoms with Crippen molar-refractivity contribution in [2.24, 2.45) is 0 Å². The van der Waals surface area contributed by atoms with E-state index in [2.05, 4.69) is 10.6 Å². The maximum Gasteiger partial charge on any atom is 0.305 e. The number of hydrogen-bond acceptors (Lipinski definition) is 4. The molecule has 0 spiro atoms. The second-order valence-electron chi connectivity index (χ2n) is 4.22. The van der Waals surface area contributed by atoms with E-state index in [1.165, 1.54) is 0 Å². The number of aliphatic carboxylic acids is 1. The Hall–Kier alpha value is -1.63. The Morgan fingerprint density at radius 1 is 1.56 bits per heavy atom. The summed E-state index contributed by atoms with van der Waals surface area (Å²) in [6, 6.07) is -0.624. The summed E-state index contributed by atoms with van der Waals surface area (Å²) in [5.74, 6) is -1.29. The molecular formula is C11H19N3O4. The molecule has 1 heterocycles. The summed E-state index contributed by atoms with van der Waals surface area (Å²) >= 11 is 0. The van der Waals surface area contributed by atoms with Gasteiger partial charge in [-0.2, -0.15) is 0 Å². The van der Waals surface area contributed by atoms with Crippen LogP contribution in [0.5, 0.6) is 0 Å². The molecule has 1 fully saturated rings. The van der Waals surface area contributed by atoms with Crippen LogP contribution >= 0.6 is 0 Å². The van der Waals surface area contributed by atoms with Crippen LogP contribution in [0.25, 0.3) is 0 Å². The molecule has 0 bridgehead atoms. The van der Waals surface area contributed by atoms with E-state index in [0.717, 1.165) is 0 Å². The number of carboxylic acids is 1. The number of carbonyl (C=O) groups is 3. The Balaban J connectivity index is 2.46. The second-order valence-corrected chi connectivity index (χ2v) is 4.22. The largest absolute Gasteiger partial charge is 0.481 e. The number of piperazine rings is 1. The van der Waals surface area contributed by atoms with E-state index in [4.69, 9.17) is 5.11 Å². The Bertz CT molecular complexity index is 332. The highest BCUT2D eigenvalue weighted by atomic mass is 16.4. The Kier molecular flexibility index (Phi) is 5.57. The van der Waals surface area contributed by atoms with Gasteiger partial charge < -0.3 is 15.7 Å². The molecule has 3 N–H and O–H groups in total. The van der Waals surface area contributed by atoms with Crippen LogP contribution in [0.15, 0.2) is 0 Å². The number of nitrogens with zero attached hydrogens (tertiary/aromatic N) is 1. The molecule has 1 unspecified atom stereocenters. The number of amides is 2. The van der Waals surface area contributed by atoms with Crippen molar-refractivity contribution in [3.8, 4) is 0 Å². The lowest BCUT2D eigenvalue weighted by molar-refractivity contribution is -0.143. The molecule has 0 aromatic heterocycles. The lowest BCUT2D eigenvalue weighted by Crippen LogP contribution is -2.56. The summed E-state index contributed by atoms with van der Waals surface area (Å²) < 4.78 is 0. The van der Waals surface area contributed by atoms with Crippen molar-refractivity contribution in [1.82, 2.24) is 15.5 Å². The van der Waals surface area contributed by atoms with Crippen molar-refractivity contribution < 1.29 is 19.5 Å². The van der Waals surface area contributed by atoms with Crippen LogP contribution in [0, 0.1) is 0 Å². The maximum atomic E-state index is 11.6. The van der Waals surface area contributed by atoms with Crippen molar-refractivity contribution in [2.45, 2.75) is 25.3 Å². The van der Waals surface area contributed by atoms with Gasteiger partial charge in [-0.05, 0) is 13.0 Å². The lowest BCUT2D eigenvalue weighted by atomic mass is 10.1. The highest BCUT2D eigenvalue weighted by molar-refractivity contribution is 5.86. The molecule has 1 aliphatic rings. The number of hydrogen-bond donors (Lipinski definition) is 3. The molecule has 1 atom stereocenters. The summed E-state index contributed by atoms with van der Waals surface area (Å²) in [4.78, 5) is 35.2. The molecule has 0 saturated carbocycles. The third kappa shape index (κ3) is 4.33. The highest BCUT2D eigenvalue weighted by Gasteiger charge is 2.31. The molecule has 0 aliphatic carbocycles. The van der Waals surface area contributed by atoms with Crippen molar-refractivity contribution in [2.75, 3.05) is 26.7 Å². The van der Waals surface area contributed by atoms with Crippen LogP contribution in [0.4, 0.5) is 0 Å². The quantitative estimate of drug-likeness (QED) is 0.554. The number of nitrogens with one attached hydrogen (secondary N) is 2. The standard InChI is InChI=1S/C11H19N3O4/c1-12-9(15)3-2-5-14-6-4-13-11(18)8(14)7-10(16)17/h8H,2-7H2,1H3,(H,12,15)(H,13,18)(H,16,17). The van der Waals surface area contributed by atoms with E-state index >= 15 is 0 Å². The zero-order valence-corrected chi connectivity index (χ0v) is 10.4. The number of carboxylic acid groups (broad SMARTS) is 1. The summed E-state index contributed by atoms with van der Waals surface area (Å²) in [5, 5.41) is 14.0. The predicted molar refractivity (Wildman–Crippen MR) is 63.9 cm³/mol. The minimum Gasteiger partial charge on any atom is -0.481 e. The van der Waals surface area contributed by atoms with Crippen LogP contribution in [-0.4, -0.2) is 60.5 Å². The number of rotatable bonds is 6. The molecule has 18 heavy (non-hydrogen) atoms. The average Bonchev–Trinajstić information content (AvgIpc) is 2.32. The predicted octanol–water partition coefficient (Wildman–Crippen LogP) is -1.21. The molecular weight excluding hydrogens is 238 g/mol. The SMILES string of the molecule is CNC(=O)CCCN1CCNC(=O)C1CC(=O)O. The fraction of sp³-hybridized carbons (Fsp3) is 0.727. The summed E-state index contributed by atoms with van der Waals surface area (Å²) in [7, 11) is 1.57. The molecule has 7 heteroatoms. The molecule has 0 aromatic carbocycles. The first-order chi connectivity index (χ1) is 8.54. The molecule has 2 amide bonds. The minimum atomic E-state index is -0.992.